The van der Waals surface area contributed by atoms with Crippen molar-refractivity contribution in [2.24, 2.45) is 0 Å². The second kappa shape index (κ2) is 9.13. The van der Waals surface area contributed by atoms with Gasteiger partial charge in [0.1, 0.15) is 30.6 Å². The number of fused-ring (bicyclic) bond motifs is 3. The summed E-state index contributed by atoms with van der Waals surface area (Å²) in [5.41, 5.74) is 4.93. The summed E-state index contributed by atoms with van der Waals surface area (Å²) in [5.74, 6) is 0.406. The highest BCUT2D eigenvalue weighted by atomic mass is 16.5. The lowest BCUT2D eigenvalue weighted by Gasteiger charge is -2.23. The van der Waals surface area contributed by atoms with Gasteiger partial charge in [0, 0.05) is 36.9 Å². The predicted molar refractivity (Wildman–Crippen MR) is 112 cm³/mol. The van der Waals surface area contributed by atoms with Crippen molar-refractivity contribution in [3.8, 4) is 29.1 Å². The monoisotopic (exact) mass is 417 g/mol. The van der Waals surface area contributed by atoms with E-state index in [1.165, 1.54) is 0 Å². The molecule has 31 heavy (non-hydrogen) atoms. The van der Waals surface area contributed by atoms with Crippen LogP contribution in [-0.4, -0.2) is 42.7 Å². The average molecular weight is 417 g/mol. The number of nitriles is 2. The van der Waals surface area contributed by atoms with Crippen LogP contribution in [0.4, 0.5) is 0 Å². The molecule has 2 aliphatic rings. The third-order valence-corrected chi connectivity index (χ3v) is 5.51. The van der Waals surface area contributed by atoms with Crippen molar-refractivity contribution < 1.29 is 14.3 Å². The third-order valence-electron chi connectivity index (χ3n) is 5.51. The fourth-order valence-corrected chi connectivity index (χ4v) is 3.83. The lowest BCUT2D eigenvalue weighted by atomic mass is 9.94. The number of benzene rings is 1. The van der Waals surface area contributed by atoms with Crippen LogP contribution < -0.4 is 15.4 Å². The molecule has 2 aromatic rings. The number of ether oxygens (including phenoxy) is 2. The van der Waals surface area contributed by atoms with Gasteiger partial charge in [-0.3, -0.25) is 9.78 Å². The molecule has 2 N–H and O–H groups in total. The van der Waals surface area contributed by atoms with Gasteiger partial charge in [-0.25, -0.2) is 0 Å². The number of rotatable bonds is 4. The average Bonchev–Trinajstić information content (AvgIpc) is 3.08. The van der Waals surface area contributed by atoms with Crippen molar-refractivity contribution >= 4 is 5.91 Å². The smallest absolute Gasteiger partial charge is 0.251 e. The minimum Gasteiger partial charge on any atom is -0.488 e. The highest BCUT2D eigenvalue weighted by molar-refractivity contribution is 5.81. The van der Waals surface area contributed by atoms with Crippen molar-refractivity contribution in [3.05, 3.63) is 46.6 Å². The van der Waals surface area contributed by atoms with Gasteiger partial charge in [-0.05, 0) is 49.2 Å². The normalized spacial score (nSPS) is 18.2. The summed E-state index contributed by atoms with van der Waals surface area (Å²) in [4.78, 5) is 17.0. The first-order chi connectivity index (χ1) is 15.1. The Hall–Kier alpha value is -3.46. The Kier molecular flexibility index (Phi) is 6.13. The Morgan fingerprint density at radius 1 is 1.39 bits per heavy atom. The molecular weight excluding hydrogens is 394 g/mol. The van der Waals surface area contributed by atoms with Gasteiger partial charge in [-0.15, -0.1) is 0 Å². The van der Waals surface area contributed by atoms with Crippen LogP contribution in [0.1, 0.15) is 28.7 Å². The molecule has 1 saturated heterocycles. The molecule has 158 valence electrons. The van der Waals surface area contributed by atoms with Crippen LogP contribution in [0.5, 0.6) is 5.75 Å². The largest absolute Gasteiger partial charge is 0.488 e. The maximum Gasteiger partial charge on any atom is 0.251 e. The van der Waals surface area contributed by atoms with E-state index in [0.717, 1.165) is 40.9 Å². The number of aryl methyl sites for hydroxylation is 1. The summed E-state index contributed by atoms with van der Waals surface area (Å²) in [7, 11) is 0. The molecule has 0 saturated carbocycles. The lowest BCUT2D eigenvalue weighted by molar-refractivity contribution is -0.132. The molecule has 0 spiro atoms. The first-order valence-electron chi connectivity index (χ1n) is 10.3. The molecule has 8 heteroatoms. The Balaban J connectivity index is 1.52. The second-order valence-corrected chi connectivity index (χ2v) is 7.72. The molecule has 1 fully saturated rings. The van der Waals surface area contributed by atoms with E-state index in [0.29, 0.717) is 37.5 Å². The molecule has 2 atom stereocenters. The number of carbonyl (C=O) groups is 1. The Morgan fingerprint density at radius 3 is 3.06 bits per heavy atom. The van der Waals surface area contributed by atoms with E-state index in [1.54, 1.807) is 12.3 Å². The Bertz CT molecular complexity index is 1080. The number of hydrogen-bond acceptors (Lipinski definition) is 7. The summed E-state index contributed by atoms with van der Waals surface area (Å²) < 4.78 is 11.5. The first kappa shape index (κ1) is 20.8. The van der Waals surface area contributed by atoms with E-state index in [-0.39, 0.29) is 5.91 Å². The van der Waals surface area contributed by atoms with Crippen molar-refractivity contribution in [2.75, 3.05) is 19.7 Å². The van der Waals surface area contributed by atoms with Crippen molar-refractivity contribution in [3.63, 3.8) is 0 Å². The topological polar surface area (TPSA) is 120 Å². The molecule has 8 nitrogen and oxygen atoms in total. The molecule has 0 aliphatic carbocycles. The van der Waals surface area contributed by atoms with Crippen LogP contribution >= 0.6 is 0 Å². The van der Waals surface area contributed by atoms with Gasteiger partial charge in [0.05, 0.1) is 17.3 Å². The number of nitrogens with zero attached hydrogens (tertiary/aromatic N) is 3. The Labute approximate surface area is 180 Å². The third kappa shape index (κ3) is 4.51. The fraction of sp³-hybridized carbons (Fsp3) is 0.391. The van der Waals surface area contributed by atoms with Crippen molar-refractivity contribution in [1.82, 2.24) is 15.6 Å². The van der Waals surface area contributed by atoms with E-state index in [1.807, 2.05) is 19.1 Å². The number of hydrogen-bond donors (Lipinski definition) is 2. The van der Waals surface area contributed by atoms with Gasteiger partial charge >= 0.3 is 0 Å². The SMILES string of the molecule is Cc1cc2c(cc1C[C@@H](C#N)NC(=O)[C@@H]1CNCCCO1)OCc1cc(C#N)cnc1-2. The molecule has 2 aliphatic heterocycles. The second-order valence-electron chi connectivity index (χ2n) is 7.72. The highest BCUT2D eigenvalue weighted by Gasteiger charge is 2.25. The Morgan fingerprint density at radius 2 is 2.26 bits per heavy atom. The number of pyridine rings is 1. The minimum absolute atomic E-state index is 0.278. The number of amides is 1. The van der Waals surface area contributed by atoms with Crippen LogP contribution in [0, 0.1) is 29.6 Å². The number of carbonyl (C=O) groups excluding carboxylic acids is 1. The maximum atomic E-state index is 12.5. The van der Waals surface area contributed by atoms with Gasteiger partial charge in [-0.2, -0.15) is 10.5 Å². The quantitative estimate of drug-likeness (QED) is 0.777. The van der Waals surface area contributed by atoms with Gasteiger partial charge in [0.25, 0.3) is 5.91 Å². The van der Waals surface area contributed by atoms with Crippen LogP contribution in [0.3, 0.4) is 0 Å². The molecule has 4 rings (SSSR count). The zero-order valence-corrected chi connectivity index (χ0v) is 17.3. The number of aromatic nitrogens is 1. The van der Waals surface area contributed by atoms with Gasteiger partial charge in [0.15, 0.2) is 0 Å². The summed E-state index contributed by atoms with van der Waals surface area (Å²) >= 11 is 0. The summed E-state index contributed by atoms with van der Waals surface area (Å²) in [6, 6.07) is 9.28. The van der Waals surface area contributed by atoms with E-state index < -0.39 is 12.1 Å². The standard InChI is InChI=1S/C23H23N5O3/c1-14-5-19-20(31-13-17-6-15(9-24)11-27-22(17)19)8-16(14)7-18(10-25)28-23(29)21-12-26-3-2-4-30-21/h5-6,8,11,18,21,26H,2-4,7,12-13H2,1H3,(H,28,29)/t18-,21-/m0/s1. The molecule has 0 bridgehead atoms. The van der Waals surface area contributed by atoms with Crippen LogP contribution in [0.25, 0.3) is 11.3 Å². The van der Waals surface area contributed by atoms with Crippen LogP contribution in [0.15, 0.2) is 24.4 Å². The molecule has 1 amide bonds. The molecule has 3 heterocycles. The predicted octanol–water partition coefficient (Wildman–Crippen LogP) is 1.75. The van der Waals surface area contributed by atoms with Crippen LogP contribution in [-0.2, 0) is 22.6 Å². The van der Waals surface area contributed by atoms with Gasteiger partial charge < -0.3 is 20.1 Å². The highest BCUT2D eigenvalue weighted by Crippen LogP contribution is 2.38. The minimum atomic E-state index is -0.678. The molecule has 1 aromatic carbocycles. The van der Waals surface area contributed by atoms with E-state index >= 15 is 0 Å². The van der Waals surface area contributed by atoms with E-state index in [9.17, 15) is 10.1 Å². The first-order valence-corrected chi connectivity index (χ1v) is 10.3. The van der Waals surface area contributed by atoms with E-state index in [2.05, 4.69) is 27.8 Å². The molecule has 1 aromatic heterocycles. The van der Waals surface area contributed by atoms with Gasteiger partial charge in [-0.1, -0.05) is 0 Å². The van der Waals surface area contributed by atoms with E-state index in [4.69, 9.17) is 14.7 Å². The molecule has 0 unspecified atom stereocenters. The van der Waals surface area contributed by atoms with Gasteiger partial charge in [0.2, 0.25) is 0 Å². The number of nitrogens with one attached hydrogen (secondary N) is 2. The maximum absolute atomic E-state index is 12.5. The lowest BCUT2D eigenvalue weighted by Crippen LogP contribution is -2.46. The molecular formula is C23H23N5O3. The summed E-state index contributed by atoms with van der Waals surface area (Å²) in [6.45, 7) is 4.07. The summed E-state index contributed by atoms with van der Waals surface area (Å²) in [5, 5.41) is 24.7. The zero-order chi connectivity index (χ0) is 21.8. The van der Waals surface area contributed by atoms with Crippen molar-refractivity contribution in [1.29, 1.82) is 10.5 Å². The van der Waals surface area contributed by atoms with Crippen LogP contribution in [0.2, 0.25) is 0 Å². The molecule has 0 radical (unpaired) electrons. The van der Waals surface area contributed by atoms with Crippen molar-refractivity contribution in [2.45, 2.75) is 38.5 Å². The fourth-order valence-electron chi connectivity index (χ4n) is 3.83. The zero-order valence-electron chi connectivity index (χ0n) is 17.3. The summed E-state index contributed by atoms with van der Waals surface area (Å²) in [6.07, 6.45) is 2.18.